The molecule has 15 heavy (non-hydrogen) atoms. The van der Waals surface area contributed by atoms with E-state index in [-0.39, 0.29) is 5.41 Å². The topological polar surface area (TPSA) is 46.2 Å². The van der Waals surface area contributed by atoms with Crippen molar-refractivity contribution in [2.75, 3.05) is 6.54 Å². The molecule has 82 valence electrons. The Morgan fingerprint density at radius 2 is 2.27 bits per heavy atom. The Kier molecular flexibility index (Phi) is 3.63. The number of rotatable bonds is 4. The number of aldehydes is 1. The molecule has 0 saturated carbocycles. The van der Waals surface area contributed by atoms with Crippen LogP contribution in [0.15, 0.2) is 11.4 Å². The maximum Gasteiger partial charge on any atom is 0.284 e. The van der Waals surface area contributed by atoms with Crippen LogP contribution in [0, 0.1) is 6.92 Å². The zero-order chi connectivity index (χ0) is 11.5. The number of carbonyl (C=O) groups excluding carboxylic acids is 2. The number of carbonyl (C=O) groups is 2. The van der Waals surface area contributed by atoms with Gasteiger partial charge in [-0.05, 0) is 23.9 Å². The second-order valence-electron chi connectivity index (χ2n) is 4.15. The van der Waals surface area contributed by atoms with Crippen molar-refractivity contribution in [3.05, 3.63) is 21.9 Å². The lowest BCUT2D eigenvalue weighted by molar-refractivity contribution is -0.131. The average Bonchev–Trinajstić information content (AvgIpc) is 2.61. The summed E-state index contributed by atoms with van der Waals surface area (Å²) in [6.45, 7) is 6.63. The Labute approximate surface area is 93.5 Å². The van der Waals surface area contributed by atoms with Crippen molar-refractivity contribution < 1.29 is 9.59 Å². The van der Waals surface area contributed by atoms with Crippen LogP contribution in [-0.2, 0) is 15.0 Å². The van der Waals surface area contributed by atoms with Crippen LogP contribution >= 0.6 is 11.3 Å². The van der Waals surface area contributed by atoms with Gasteiger partial charge in [-0.3, -0.25) is 9.59 Å². The van der Waals surface area contributed by atoms with E-state index in [0.717, 1.165) is 0 Å². The van der Waals surface area contributed by atoms with E-state index in [0.29, 0.717) is 12.8 Å². The molecule has 0 aliphatic heterocycles. The van der Waals surface area contributed by atoms with Crippen LogP contribution in [0.3, 0.4) is 0 Å². The third kappa shape index (κ3) is 2.89. The maximum atomic E-state index is 10.8. The van der Waals surface area contributed by atoms with Crippen LogP contribution < -0.4 is 5.32 Å². The van der Waals surface area contributed by atoms with Crippen molar-refractivity contribution in [2.45, 2.75) is 26.2 Å². The van der Waals surface area contributed by atoms with Crippen LogP contribution in [0.1, 0.15) is 24.3 Å². The highest BCUT2D eigenvalue weighted by molar-refractivity contribution is 7.10. The summed E-state index contributed by atoms with van der Waals surface area (Å²) in [5.41, 5.74) is 1.10. The molecule has 1 amide bonds. The molecule has 0 fully saturated rings. The Balaban J connectivity index is 2.71. The van der Waals surface area contributed by atoms with Gasteiger partial charge in [0.05, 0.1) is 0 Å². The van der Waals surface area contributed by atoms with Gasteiger partial charge in [0.15, 0.2) is 0 Å². The molecule has 3 nitrogen and oxygen atoms in total. The molecule has 0 atom stereocenters. The molecular formula is C11H15NO2S. The van der Waals surface area contributed by atoms with Gasteiger partial charge in [0.1, 0.15) is 0 Å². The van der Waals surface area contributed by atoms with Crippen LogP contribution in [0.2, 0.25) is 0 Å². The third-order valence-corrected chi connectivity index (χ3v) is 3.67. The van der Waals surface area contributed by atoms with Crippen molar-refractivity contribution in [3.8, 4) is 0 Å². The van der Waals surface area contributed by atoms with Crippen molar-refractivity contribution in [1.82, 2.24) is 5.32 Å². The molecule has 0 aliphatic rings. The van der Waals surface area contributed by atoms with E-state index in [1.54, 1.807) is 11.3 Å². The Hall–Kier alpha value is -1.16. The van der Waals surface area contributed by atoms with Crippen molar-refractivity contribution in [1.29, 1.82) is 0 Å². The lowest BCUT2D eigenvalue weighted by atomic mass is 9.89. The number of nitrogens with one attached hydrogen (secondary N) is 1. The maximum absolute atomic E-state index is 10.8. The van der Waals surface area contributed by atoms with Gasteiger partial charge in [-0.25, -0.2) is 0 Å². The molecule has 1 rings (SSSR count). The minimum absolute atomic E-state index is 0.128. The highest BCUT2D eigenvalue weighted by Crippen LogP contribution is 2.30. The van der Waals surface area contributed by atoms with E-state index in [9.17, 15) is 9.59 Å². The average molecular weight is 225 g/mol. The first kappa shape index (κ1) is 11.9. The van der Waals surface area contributed by atoms with E-state index >= 15 is 0 Å². The summed E-state index contributed by atoms with van der Waals surface area (Å²) in [6.07, 6.45) is 0.303. The monoisotopic (exact) mass is 225 g/mol. The Morgan fingerprint density at radius 1 is 1.60 bits per heavy atom. The van der Waals surface area contributed by atoms with Crippen molar-refractivity contribution >= 4 is 23.5 Å². The molecule has 0 aromatic carbocycles. The Morgan fingerprint density at radius 3 is 2.73 bits per heavy atom. The minimum Gasteiger partial charge on any atom is -0.349 e. The second-order valence-corrected chi connectivity index (χ2v) is 5.07. The summed E-state index contributed by atoms with van der Waals surface area (Å²) in [4.78, 5) is 22.2. The predicted octanol–water partition coefficient (Wildman–Crippen LogP) is 1.65. The van der Waals surface area contributed by atoms with Gasteiger partial charge < -0.3 is 5.32 Å². The molecule has 0 aliphatic carbocycles. The van der Waals surface area contributed by atoms with E-state index < -0.39 is 5.91 Å². The van der Waals surface area contributed by atoms with Crippen LogP contribution in [0.4, 0.5) is 0 Å². The molecule has 4 heteroatoms. The second kappa shape index (κ2) is 4.57. The molecule has 0 bridgehead atoms. The van der Waals surface area contributed by atoms with Crippen LogP contribution in [-0.4, -0.2) is 18.7 Å². The van der Waals surface area contributed by atoms with Gasteiger partial charge in [0.2, 0.25) is 6.29 Å². The quantitative estimate of drug-likeness (QED) is 0.625. The summed E-state index contributed by atoms with van der Waals surface area (Å²) < 4.78 is 0. The summed E-state index contributed by atoms with van der Waals surface area (Å²) in [6, 6.07) is 2.06. The fraction of sp³-hybridized carbons (Fsp3) is 0.455. The highest BCUT2D eigenvalue weighted by atomic mass is 32.1. The molecule has 1 aromatic rings. The lowest BCUT2D eigenvalue weighted by Gasteiger charge is -2.24. The zero-order valence-electron chi connectivity index (χ0n) is 9.16. The van der Waals surface area contributed by atoms with Crippen LogP contribution in [0.25, 0.3) is 0 Å². The van der Waals surface area contributed by atoms with E-state index in [1.807, 2.05) is 5.38 Å². The zero-order valence-corrected chi connectivity index (χ0v) is 9.98. The Bertz CT molecular complexity index is 368. The van der Waals surface area contributed by atoms with Gasteiger partial charge in [-0.1, -0.05) is 13.8 Å². The van der Waals surface area contributed by atoms with Gasteiger partial charge in [0.25, 0.3) is 5.91 Å². The van der Waals surface area contributed by atoms with E-state index in [1.165, 1.54) is 10.4 Å². The fourth-order valence-electron chi connectivity index (χ4n) is 1.50. The highest BCUT2D eigenvalue weighted by Gasteiger charge is 2.24. The summed E-state index contributed by atoms with van der Waals surface area (Å²) >= 11 is 1.68. The van der Waals surface area contributed by atoms with Gasteiger partial charge in [0, 0.05) is 16.8 Å². The molecule has 0 unspecified atom stereocenters. The predicted molar refractivity (Wildman–Crippen MR) is 61.2 cm³/mol. The molecule has 1 heterocycles. The first-order valence-electron chi connectivity index (χ1n) is 4.75. The number of hydrogen-bond acceptors (Lipinski definition) is 3. The van der Waals surface area contributed by atoms with Gasteiger partial charge >= 0.3 is 0 Å². The largest absolute Gasteiger partial charge is 0.349 e. The number of hydrogen-bond donors (Lipinski definition) is 1. The van der Waals surface area contributed by atoms with Crippen molar-refractivity contribution in [2.24, 2.45) is 0 Å². The molecule has 0 spiro atoms. The number of aryl methyl sites for hydroxylation is 1. The van der Waals surface area contributed by atoms with Gasteiger partial charge in [-0.15, -0.1) is 11.3 Å². The van der Waals surface area contributed by atoms with Crippen molar-refractivity contribution in [3.63, 3.8) is 0 Å². The standard InChI is InChI=1S/C11H15NO2S/c1-8-4-5-15-10(8)11(2,3)7-12-9(14)6-13/h4-6H,7H2,1-3H3,(H,12,14). The van der Waals surface area contributed by atoms with E-state index in [4.69, 9.17) is 0 Å². The smallest absolute Gasteiger partial charge is 0.284 e. The molecule has 0 saturated heterocycles. The fourth-order valence-corrected chi connectivity index (χ4v) is 2.55. The number of amides is 1. The van der Waals surface area contributed by atoms with Gasteiger partial charge in [-0.2, -0.15) is 0 Å². The first-order chi connectivity index (χ1) is 6.97. The molecular weight excluding hydrogens is 210 g/mol. The molecule has 0 radical (unpaired) electrons. The minimum atomic E-state index is -0.558. The lowest BCUT2D eigenvalue weighted by Crippen LogP contribution is -2.36. The molecule has 1 aromatic heterocycles. The van der Waals surface area contributed by atoms with E-state index in [2.05, 4.69) is 32.2 Å². The third-order valence-electron chi connectivity index (χ3n) is 2.29. The SMILES string of the molecule is Cc1ccsc1C(C)(C)CNC(=O)C=O. The summed E-state index contributed by atoms with van der Waals surface area (Å²) in [5.74, 6) is -0.558. The molecule has 1 N–H and O–H groups in total. The summed E-state index contributed by atoms with van der Waals surface area (Å²) in [7, 11) is 0. The summed E-state index contributed by atoms with van der Waals surface area (Å²) in [5, 5.41) is 4.62. The number of thiophene rings is 1. The first-order valence-corrected chi connectivity index (χ1v) is 5.63. The van der Waals surface area contributed by atoms with Crippen LogP contribution in [0.5, 0.6) is 0 Å². The normalized spacial score (nSPS) is 11.1.